The van der Waals surface area contributed by atoms with E-state index in [0.717, 1.165) is 18.4 Å². The third kappa shape index (κ3) is 6.29. The standard InChI is InChI=1S/C32H31ClN4O7/c1-40-26-12-10-23(15-28(26)41-2)37-17-25(20-5-8-22(33)9-6-20)34-32(37)35-30(38)18-36(16-24-4-3-13-42-24)31(39)21-7-11-27-29(14-21)44-19-43-27/h5-12,14-15,17,24H,3-4,13,16,18-19H2,1-2H3,(H,34,35,38). The van der Waals surface area contributed by atoms with Crippen molar-refractivity contribution in [3.05, 3.63) is 77.4 Å². The average Bonchev–Trinajstić information content (AvgIpc) is 3.82. The average molecular weight is 619 g/mol. The maximum absolute atomic E-state index is 13.7. The molecular formula is C32H31ClN4O7. The van der Waals surface area contributed by atoms with E-state index in [9.17, 15) is 9.59 Å². The highest BCUT2D eigenvalue weighted by Crippen LogP contribution is 2.34. The van der Waals surface area contributed by atoms with Crippen LogP contribution in [0.2, 0.25) is 5.02 Å². The molecule has 0 aliphatic carbocycles. The second-order valence-electron chi connectivity index (χ2n) is 10.3. The number of imidazole rings is 1. The van der Waals surface area contributed by atoms with E-state index in [4.69, 9.17) is 40.3 Å². The van der Waals surface area contributed by atoms with Gasteiger partial charge in [-0.2, -0.15) is 0 Å². The number of carbonyl (C=O) groups is 2. The topological polar surface area (TPSA) is 113 Å². The van der Waals surface area contributed by atoms with E-state index >= 15 is 0 Å². The molecule has 0 bridgehead atoms. The first-order valence-electron chi connectivity index (χ1n) is 14.1. The van der Waals surface area contributed by atoms with Crippen molar-refractivity contribution in [2.24, 2.45) is 0 Å². The Balaban J connectivity index is 1.29. The summed E-state index contributed by atoms with van der Waals surface area (Å²) in [5, 5.41) is 3.51. The lowest BCUT2D eigenvalue weighted by atomic mass is 10.1. The minimum Gasteiger partial charge on any atom is -0.493 e. The molecule has 6 rings (SSSR count). The number of hydrogen-bond donors (Lipinski definition) is 1. The SMILES string of the molecule is COc1ccc(-n2cc(-c3ccc(Cl)cc3)nc2NC(=O)CN(CC2CCCO2)C(=O)c2ccc3c(c2)OCO3)cc1OC. The zero-order chi connectivity index (χ0) is 30.6. The van der Waals surface area contributed by atoms with Crippen molar-refractivity contribution in [3.63, 3.8) is 0 Å². The summed E-state index contributed by atoms with van der Waals surface area (Å²) in [4.78, 5) is 33.5. The van der Waals surface area contributed by atoms with Crippen molar-refractivity contribution >= 4 is 29.4 Å². The number of anilines is 1. The summed E-state index contributed by atoms with van der Waals surface area (Å²) < 4.78 is 29.3. The van der Waals surface area contributed by atoms with Crippen LogP contribution in [0.4, 0.5) is 5.95 Å². The summed E-state index contributed by atoms with van der Waals surface area (Å²) in [7, 11) is 3.11. The molecular weight excluding hydrogens is 588 g/mol. The molecule has 1 atom stereocenters. The van der Waals surface area contributed by atoms with Crippen molar-refractivity contribution in [1.29, 1.82) is 0 Å². The lowest BCUT2D eigenvalue weighted by Gasteiger charge is -2.25. The number of nitrogens with one attached hydrogen (secondary N) is 1. The molecule has 1 unspecified atom stereocenters. The molecule has 0 saturated carbocycles. The molecule has 2 aliphatic heterocycles. The molecule has 3 aromatic carbocycles. The number of halogens is 1. The predicted octanol–water partition coefficient (Wildman–Crippen LogP) is 5.20. The Morgan fingerprint density at radius 3 is 2.57 bits per heavy atom. The Morgan fingerprint density at radius 1 is 1.02 bits per heavy atom. The van der Waals surface area contributed by atoms with Gasteiger partial charge in [0.1, 0.15) is 6.54 Å². The Hall–Kier alpha value is -4.74. The number of nitrogens with zero attached hydrogens (tertiary/aromatic N) is 3. The third-order valence-corrected chi connectivity index (χ3v) is 7.68. The first-order valence-corrected chi connectivity index (χ1v) is 14.5. The Labute approximate surface area is 259 Å². The van der Waals surface area contributed by atoms with Gasteiger partial charge < -0.3 is 28.6 Å². The Kier molecular flexibility index (Phi) is 8.58. The first kappa shape index (κ1) is 29.3. The van der Waals surface area contributed by atoms with Gasteiger partial charge in [0.05, 0.1) is 31.7 Å². The van der Waals surface area contributed by atoms with Crippen LogP contribution >= 0.6 is 11.6 Å². The number of carbonyl (C=O) groups excluding carboxylic acids is 2. The van der Waals surface area contributed by atoms with E-state index < -0.39 is 5.91 Å². The van der Waals surface area contributed by atoms with Gasteiger partial charge in [-0.3, -0.25) is 19.5 Å². The first-order chi connectivity index (χ1) is 21.4. The second kappa shape index (κ2) is 12.9. The molecule has 1 saturated heterocycles. The highest BCUT2D eigenvalue weighted by Gasteiger charge is 2.27. The van der Waals surface area contributed by atoms with Crippen molar-refractivity contribution < 1.29 is 33.3 Å². The van der Waals surface area contributed by atoms with Gasteiger partial charge in [-0.05, 0) is 55.3 Å². The molecule has 1 N–H and O–H groups in total. The fourth-order valence-corrected chi connectivity index (χ4v) is 5.33. The van der Waals surface area contributed by atoms with Crippen molar-refractivity contribution in [2.45, 2.75) is 18.9 Å². The number of amides is 2. The highest BCUT2D eigenvalue weighted by atomic mass is 35.5. The molecule has 1 fully saturated rings. The number of hydrogen-bond acceptors (Lipinski definition) is 8. The van der Waals surface area contributed by atoms with E-state index in [1.165, 1.54) is 4.90 Å². The van der Waals surface area contributed by atoms with Crippen LogP contribution in [0.1, 0.15) is 23.2 Å². The van der Waals surface area contributed by atoms with Gasteiger partial charge in [0.15, 0.2) is 23.0 Å². The van der Waals surface area contributed by atoms with E-state index in [0.29, 0.717) is 51.6 Å². The third-order valence-electron chi connectivity index (χ3n) is 7.43. The summed E-state index contributed by atoms with van der Waals surface area (Å²) in [5.41, 5.74) is 2.48. The zero-order valence-electron chi connectivity index (χ0n) is 24.2. The van der Waals surface area contributed by atoms with Gasteiger partial charge in [0, 0.05) is 41.6 Å². The minimum absolute atomic E-state index is 0.0970. The van der Waals surface area contributed by atoms with Gasteiger partial charge in [-0.15, -0.1) is 0 Å². The van der Waals surface area contributed by atoms with Crippen LogP contribution in [0.15, 0.2) is 66.9 Å². The largest absolute Gasteiger partial charge is 0.493 e. The smallest absolute Gasteiger partial charge is 0.254 e. The number of rotatable bonds is 10. The fourth-order valence-electron chi connectivity index (χ4n) is 5.20. The van der Waals surface area contributed by atoms with Crippen molar-refractivity contribution in [1.82, 2.24) is 14.5 Å². The van der Waals surface area contributed by atoms with Crippen LogP contribution in [0, 0.1) is 0 Å². The van der Waals surface area contributed by atoms with E-state index in [2.05, 4.69) is 5.32 Å². The lowest BCUT2D eigenvalue weighted by molar-refractivity contribution is -0.117. The zero-order valence-corrected chi connectivity index (χ0v) is 25.0. The predicted molar refractivity (Wildman–Crippen MR) is 163 cm³/mol. The molecule has 44 heavy (non-hydrogen) atoms. The van der Waals surface area contributed by atoms with Gasteiger partial charge >= 0.3 is 0 Å². The normalized spacial score (nSPS) is 15.2. The maximum Gasteiger partial charge on any atom is 0.254 e. The summed E-state index contributed by atoms with van der Waals surface area (Å²) in [6, 6.07) is 17.6. The molecule has 12 heteroatoms. The molecule has 2 amide bonds. The molecule has 0 radical (unpaired) electrons. The van der Waals surface area contributed by atoms with Crippen LogP contribution in [0.25, 0.3) is 16.9 Å². The molecule has 0 spiro atoms. The minimum atomic E-state index is -0.424. The van der Waals surface area contributed by atoms with Crippen molar-refractivity contribution in [2.75, 3.05) is 46.0 Å². The van der Waals surface area contributed by atoms with Crippen LogP contribution in [-0.2, 0) is 9.53 Å². The van der Waals surface area contributed by atoms with Gasteiger partial charge in [-0.1, -0.05) is 23.7 Å². The molecule has 1 aromatic heterocycles. The van der Waals surface area contributed by atoms with E-state index in [1.54, 1.807) is 61.3 Å². The van der Waals surface area contributed by atoms with E-state index in [1.807, 2.05) is 24.4 Å². The molecule has 3 heterocycles. The molecule has 228 valence electrons. The van der Waals surface area contributed by atoms with Gasteiger partial charge in [-0.25, -0.2) is 4.98 Å². The van der Waals surface area contributed by atoms with Gasteiger partial charge in [0.25, 0.3) is 5.91 Å². The molecule has 2 aliphatic rings. The Morgan fingerprint density at radius 2 is 1.82 bits per heavy atom. The fraction of sp³-hybridized carbons (Fsp3) is 0.281. The molecule has 11 nitrogen and oxygen atoms in total. The summed E-state index contributed by atoms with van der Waals surface area (Å²) in [6.07, 6.45) is 3.35. The van der Waals surface area contributed by atoms with Crippen molar-refractivity contribution in [3.8, 4) is 39.9 Å². The lowest BCUT2D eigenvalue weighted by Crippen LogP contribution is -2.42. The molecule has 4 aromatic rings. The van der Waals surface area contributed by atoms with E-state index in [-0.39, 0.29) is 37.8 Å². The van der Waals surface area contributed by atoms with Crippen LogP contribution in [0.3, 0.4) is 0 Å². The Bertz CT molecular complexity index is 1670. The quantitative estimate of drug-likeness (QED) is 0.258. The summed E-state index contributed by atoms with van der Waals surface area (Å²) in [5.74, 6) is 1.66. The number of fused-ring (bicyclic) bond motifs is 1. The van der Waals surface area contributed by atoms with Gasteiger partial charge in [0.2, 0.25) is 18.6 Å². The number of ether oxygens (including phenoxy) is 5. The number of methoxy groups -OCH3 is 2. The number of benzene rings is 3. The van der Waals surface area contributed by atoms with Crippen LogP contribution < -0.4 is 24.3 Å². The second-order valence-corrected chi connectivity index (χ2v) is 10.7. The summed E-state index contributed by atoms with van der Waals surface area (Å²) in [6.45, 7) is 0.766. The highest BCUT2D eigenvalue weighted by molar-refractivity contribution is 6.30. The summed E-state index contributed by atoms with van der Waals surface area (Å²) >= 11 is 6.11. The monoisotopic (exact) mass is 618 g/mol. The van der Waals surface area contributed by atoms with Crippen LogP contribution in [-0.4, -0.2) is 73.1 Å². The van der Waals surface area contributed by atoms with Crippen LogP contribution in [0.5, 0.6) is 23.0 Å². The maximum atomic E-state index is 13.7. The number of aromatic nitrogens is 2.